The smallest absolute Gasteiger partial charge is 0.275 e. The molecule has 0 bridgehead atoms. The number of aromatic nitrogens is 2. The number of aryl methyl sites for hydroxylation is 1. The van der Waals surface area contributed by atoms with Crippen molar-refractivity contribution in [3.63, 3.8) is 0 Å². The lowest BCUT2D eigenvalue weighted by molar-refractivity contribution is 0.102. The normalized spacial score (nSPS) is 14.8. The number of benzene rings is 1. The van der Waals surface area contributed by atoms with Crippen LogP contribution in [0.3, 0.4) is 0 Å². The van der Waals surface area contributed by atoms with Gasteiger partial charge in [-0.05, 0) is 31.9 Å². The van der Waals surface area contributed by atoms with Crippen LogP contribution >= 0.6 is 0 Å². The summed E-state index contributed by atoms with van der Waals surface area (Å²) in [7, 11) is 0. The van der Waals surface area contributed by atoms with Crippen molar-refractivity contribution in [1.29, 1.82) is 0 Å². The first-order valence-electron chi connectivity index (χ1n) is 7.67. The highest BCUT2D eigenvalue weighted by Gasteiger charge is 2.15. The summed E-state index contributed by atoms with van der Waals surface area (Å²) < 4.78 is 0. The molecule has 3 rings (SSSR count). The number of carbonyl (C=O) groups is 1. The molecule has 0 spiro atoms. The quantitative estimate of drug-likeness (QED) is 0.907. The monoisotopic (exact) mass is 296 g/mol. The Kier molecular flexibility index (Phi) is 4.32. The fourth-order valence-corrected chi connectivity index (χ4v) is 2.63. The van der Waals surface area contributed by atoms with Crippen LogP contribution in [0.5, 0.6) is 0 Å². The molecule has 1 saturated carbocycles. The number of nitrogens with zero attached hydrogens (tertiary/aromatic N) is 2. The van der Waals surface area contributed by atoms with Crippen LogP contribution in [0.2, 0.25) is 0 Å². The highest BCUT2D eigenvalue weighted by molar-refractivity contribution is 6.02. The summed E-state index contributed by atoms with van der Waals surface area (Å²) in [6.45, 7) is 2.01. The molecule has 2 aromatic rings. The zero-order chi connectivity index (χ0) is 15.4. The largest absolute Gasteiger partial charge is 0.366 e. The second-order valence-corrected chi connectivity index (χ2v) is 5.73. The fourth-order valence-electron chi connectivity index (χ4n) is 2.63. The molecule has 0 aliphatic heterocycles. The molecule has 0 unspecified atom stereocenters. The molecule has 5 heteroatoms. The van der Waals surface area contributed by atoms with Crippen LogP contribution in [0, 0.1) is 6.92 Å². The van der Waals surface area contributed by atoms with Crippen molar-refractivity contribution in [3.8, 4) is 0 Å². The minimum atomic E-state index is -0.247. The van der Waals surface area contributed by atoms with Crippen LogP contribution in [-0.2, 0) is 0 Å². The zero-order valence-corrected chi connectivity index (χ0v) is 12.7. The molecule has 22 heavy (non-hydrogen) atoms. The van der Waals surface area contributed by atoms with E-state index in [1.807, 2.05) is 31.2 Å². The van der Waals surface area contributed by atoms with Crippen LogP contribution in [0.1, 0.15) is 41.7 Å². The van der Waals surface area contributed by atoms with Crippen LogP contribution in [0.25, 0.3) is 0 Å². The summed E-state index contributed by atoms with van der Waals surface area (Å²) in [6, 6.07) is 8.14. The van der Waals surface area contributed by atoms with Crippen LogP contribution in [0.15, 0.2) is 36.7 Å². The summed E-state index contributed by atoms with van der Waals surface area (Å²) in [5.74, 6) is 0.488. The lowest BCUT2D eigenvalue weighted by Crippen LogP contribution is -2.17. The summed E-state index contributed by atoms with van der Waals surface area (Å²) in [4.78, 5) is 20.6. The van der Waals surface area contributed by atoms with Gasteiger partial charge in [0.25, 0.3) is 5.91 Å². The van der Waals surface area contributed by atoms with Crippen molar-refractivity contribution in [3.05, 3.63) is 47.9 Å². The van der Waals surface area contributed by atoms with E-state index in [9.17, 15) is 4.79 Å². The van der Waals surface area contributed by atoms with Gasteiger partial charge in [0.1, 0.15) is 11.5 Å². The van der Waals surface area contributed by atoms with E-state index in [2.05, 4.69) is 20.6 Å². The number of amides is 1. The van der Waals surface area contributed by atoms with E-state index in [1.165, 1.54) is 31.9 Å². The minimum Gasteiger partial charge on any atom is -0.366 e. The van der Waals surface area contributed by atoms with Gasteiger partial charge in [0.2, 0.25) is 0 Å². The molecular formula is C17H20N4O. The SMILES string of the molecule is Cc1ccc(NC(=O)c2cnc(NC3CCCC3)cn2)cc1. The fraction of sp³-hybridized carbons (Fsp3) is 0.353. The number of nitrogens with one attached hydrogen (secondary N) is 2. The topological polar surface area (TPSA) is 66.9 Å². The number of hydrogen-bond donors (Lipinski definition) is 2. The Bertz CT molecular complexity index is 631. The van der Waals surface area contributed by atoms with Gasteiger partial charge in [-0.15, -0.1) is 0 Å². The van der Waals surface area contributed by atoms with Gasteiger partial charge in [0, 0.05) is 11.7 Å². The van der Waals surface area contributed by atoms with E-state index < -0.39 is 0 Å². The molecule has 1 aliphatic rings. The van der Waals surface area contributed by atoms with Gasteiger partial charge in [-0.1, -0.05) is 30.5 Å². The van der Waals surface area contributed by atoms with Gasteiger partial charge >= 0.3 is 0 Å². The lowest BCUT2D eigenvalue weighted by Gasteiger charge is -2.12. The molecule has 1 aromatic heterocycles. The van der Waals surface area contributed by atoms with Crippen molar-refractivity contribution in [1.82, 2.24) is 9.97 Å². The van der Waals surface area contributed by atoms with E-state index >= 15 is 0 Å². The van der Waals surface area contributed by atoms with Crippen LogP contribution < -0.4 is 10.6 Å². The predicted octanol–water partition coefficient (Wildman–Crippen LogP) is 3.39. The van der Waals surface area contributed by atoms with E-state index in [-0.39, 0.29) is 5.91 Å². The first-order valence-corrected chi connectivity index (χ1v) is 7.67. The summed E-state index contributed by atoms with van der Waals surface area (Å²) in [5, 5.41) is 6.17. The number of anilines is 2. The van der Waals surface area contributed by atoms with E-state index in [1.54, 1.807) is 6.20 Å². The third-order valence-electron chi connectivity index (χ3n) is 3.90. The van der Waals surface area contributed by atoms with Crippen molar-refractivity contribution >= 4 is 17.4 Å². The molecular weight excluding hydrogens is 276 g/mol. The summed E-state index contributed by atoms with van der Waals surface area (Å²) in [5.41, 5.74) is 2.23. The first-order chi connectivity index (χ1) is 10.7. The Morgan fingerprint density at radius 2 is 1.82 bits per heavy atom. The standard InChI is InChI=1S/C17H20N4O/c1-12-6-8-14(9-7-12)21-17(22)15-10-19-16(11-18-15)20-13-4-2-3-5-13/h6-11,13H,2-5H2,1H3,(H,19,20)(H,21,22). The average molecular weight is 296 g/mol. The molecule has 1 aliphatic carbocycles. The maximum atomic E-state index is 12.1. The molecule has 5 nitrogen and oxygen atoms in total. The summed E-state index contributed by atoms with van der Waals surface area (Å²) >= 11 is 0. The van der Waals surface area contributed by atoms with E-state index in [0.29, 0.717) is 11.7 Å². The van der Waals surface area contributed by atoms with Gasteiger partial charge < -0.3 is 10.6 Å². The van der Waals surface area contributed by atoms with Crippen molar-refractivity contribution < 1.29 is 4.79 Å². The zero-order valence-electron chi connectivity index (χ0n) is 12.7. The first kappa shape index (κ1) is 14.5. The molecule has 1 aromatic carbocycles. The molecule has 1 fully saturated rings. The third-order valence-corrected chi connectivity index (χ3v) is 3.90. The van der Waals surface area contributed by atoms with Crippen LogP contribution in [0.4, 0.5) is 11.5 Å². The Labute approximate surface area is 130 Å². The minimum absolute atomic E-state index is 0.247. The van der Waals surface area contributed by atoms with E-state index in [4.69, 9.17) is 0 Å². The van der Waals surface area contributed by atoms with Gasteiger partial charge in [-0.25, -0.2) is 9.97 Å². The Morgan fingerprint density at radius 3 is 2.45 bits per heavy atom. The number of rotatable bonds is 4. The third kappa shape index (κ3) is 3.61. The second-order valence-electron chi connectivity index (χ2n) is 5.73. The number of carbonyl (C=O) groups excluding carboxylic acids is 1. The molecule has 0 radical (unpaired) electrons. The Morgan fingerprint density at radius 1 is 1.09 bits per heavy atom. The molecule has 1 amide bonds. The molecule has 0 saturated heterocycles. The molecule has 114 valence electrons. The Balaban J connectivity index is 1.61. The molecule has 1 heterocycles. The van der Waals surface area contributed by atoms with Gasteiger partial charge in [0.05, 0.1) is 12.4 Å². The number of hydrogen-bond acceptors (Lipinski definition) is 4. The highest BCUT2D eigenvalue weighted by atomic mass is 16.1. The Hall–Kier alpha value is -2.43. The maximum Gasteiger partial charge on any atom is 0.275 e. The van der Waals surface area contributed by atoms with Crippen molar-refractivity contribution in [2.24, 2.45) is 0 Å². The van der Waals surface area contributed by atoms with Crippen LogP contribution in [-0.4, -0.2) is 21.9 Å². The maximum absolute atomic E-state index is 12.1. The average Bonchev–Trinajstić information content (AvgIpc) is 3.03. The van der Waals surface area contributed by atoms with E-state index in [0.717, 1.165) is 17.1 Å². The van der Waals surface area contributed by atoms with Gasteiger partial charge in [-0.2, -0.15) is 0 Å². The lowest BCUT2D eigenvalue weighted by atomic mass is 10.2. The summed E-state index contributed by atoms with van der Waals surface area (Å²) in [6.07, 6.45) is 8.03. The van der Waals surface area contributed by atoms with Gasteiger partial charge in [0.15, 0.2) is 0 Å². The second kappa shape index (κ2) is 6.56. The molecule has 0 atom stereocenters. The highest BCUT2D eigenvalue weighted by Crippen LogP contribution is 2.21. The molecule has 2 N–H and O–H groups in total. The van der Waals surface area contributed by atoms with Crippen molar-refractivity contribution in [2.45, 2.75) is 38.6 Å². The van der Waals surface area contributed by atoms with Crippen molar-refractivity contribution in [2.75, 3.05) is 10.6 Å². The van der Waals surface area contributed by atoms with Gasteiger partial charge in [-0.3, -0.25) is 4.79 Å². The predicted molar refractivity (Wildman–Crippen MR) is 87.0 cm³/mol.